The number of sulfone groups is 1. The van der Waals surface area contributed by atoms with E-state index in [4.69, 9.17) is 6.42 Å². The molecule has 0 radical (unpaired) electrons. The van der Waals surface area contributed by atoms with Crippen molar-refractivity contribution in [2.24, 2.45) is 0 Å². The molecular formula is C17H17NO3S. The highest BCUT2D eigenvalue weighted by atomic mass is 32.2. The van der Waals surface area contributed by atoms with Gasteiger partial charge in [-0.1, -0.05) is 24.1 Å². The van der Waals surface area contributed by atoms with Gasteiger partial charge in [-0.3, -0.25) is 4.79 Å². The zero-order valence-corrected chi connectivity index (χ0v) is 13.6. The van der Waals surface area contributed by atoms with Crippen LogP contribution in [0.1, 0.15) is 16.8 Å². The quantitative estimate of drug-likeness (QED) is 0.816. The number of benzene rings is 1. The van der Waals surface area contributed by atoms with E-state index in [0.717, 1.165) is 0 Å². The average Bonchev–Trinajstić information content (AvgIpc) is 2.43. The molecule has 0 aliphatic rings. The molecule has 0 saturated carbocycles. The normalized spacial score (nSPS) is 11.2. The van der Waals surface area contributed by atoms with Gasteiger partial charge in [0, 0.05) is 5.69 Å². The highest BCUT2D eigenvalue weighted by Crippen LogP contribution is 2.24. The van der Waals surface area contributed by atoms with Gasteiger partial charge in [0.15, 0.2) is 0 Å². The molecule has 0 N–H and O–H groups in total. The van der Waals surface area contributed by atoms with Crippen LogP contribution in [0.3, 0.4) is 0 Å². The first kappa shape index (κ1) is 16.1. The number of nitrogens with zero attached hydrogens (tertiary/aromatic N) is 1. The van der Waals surface area contributed by atoms with Crippen LogP contribution < -0.4 is 5.56 Å². The monoisotopic (exact) mass is 315 g/mol. The first-order valence-corrected chi connectivity index (χ1v) is 8.24. The van der Waals surface area contributed by atoms with Crippen molar-refractivity contribution in [3.63, 3.8) is 0 Å². The molecule has 0 aliphatic carbocycles. The van der Waals surface area contributed by atoms with Crippen molar-refractivity contribution in [3.05, 3.63) is 57.5 Å². The van der Waals surface area contributed by atoms with Gasteiger partial charge in [-0.15, -0.1) is 6.42 Å². The number of pyridine rings is 1. The smallest absolute Gasteiger partial charge is 0.271 e. The van der Waals surface area contributed by atoms with E-state index in [1.165, 1.54) is 10.6 Å². The van der Waals surface area contributed by atoms with Crippen LogP contribution >= 0.6 is 0 Å². The number of aromatic nitrogens is 1. The third-order valence-electron chi connectivity index (χ3n) is 3.55. The molecule has 1 heterocycles. The van der Waals surface area contributed by atoms with Gasteiger partial charge in [0.25, 0.3) is 5.56 Å². The number of rotatable bonds is 3. The summed E-state index contributed by atoms with van der Waals surface area (Å²) in [5.41, 5.74) is 1.10. The number of terminal acetylenes is 1. The first-order chi connectivity index (χ1) is 10.3. The largest absolute Gasteiger partial charge is 0.300 e. The molecule has 2 rings (SSSR count). The molecule has 5 heteroatoms. The number of hydrogen-bond donors (Lipinski definition) is 0. The standard InChI is InChI=1S/C17H17NO3S/c1-5-10-18-14(4)11-13(3)16(17(18)19)22(20,21)15-9-7-6-8-12(15)2/h1,6-9,11H,10H2,2-4H3. The average molecular weight is 315 g/mol. The third-order valence-corrected chi connectivity index (χ3v) is 5.62. The Hall–Kier alpha value is -2.32. The molecule has 114 valence electrons. The third kappa shape index (κ3) is 2.58. The van der Waals surface area contributed by atoms with E-state index in [-0.39, 0.29) is 16.3 Å². The summed E-state index contributed by atoms with van der Waals surface area (Å²) in [7, 11) is -3.89. The van der Waals surface area contributed by atoms with Gasteiger partial charge < -0.3 is 4.57 Å². The van der Waals surface area contributed by atoms with E-state index in [2.05, 4.69) is 5.92 Å². The SMILES string of the molecule is C#CCn1c(C)cc(C)c(S(=O)(=O)c2ccccc2C)c1=O. The Morgan fingerprint density at radius 2 is 1.77 bits per heavy atom. The fraction of sp³-hybridized carbons (Fsp3) is 0.235. The van der Waals surface area contributed by atoms with Gasteiger partial charge in [0.05, 0.1) is 11.4 Å². The molecule has 4 nitrogen and oxygen atoms in total. The topological polar surface area (TPSA) is 56.1 Å². The summed E-state index contributed by atoms with van der Waals surface area (Å²) < 4.78 is 27.1. The van der Waals surface area contributed by atoms with Crippen LogP contribution in [0.4, 0.5) is 0 Å². The zero-order chi connectivity index (χ0) is 16.5. The zero-order valence-electron chi connectivity index (χ0n) is 12.8. The van der Waals surface area contributed by atoms with Crippen molar-refractivity contribution >= 4 is 9.84 Å². The lowest BCUT2D eigenvalue weighted by molar-refractivity contribution is 0.590. The molecule has 0 saturated heterocycles. The van der Waals surface area contributed by atoms with Crippen molar-refractivity contribution in [2.45, 2.75) is 37.1 Å². The maximum atomic E-state index is 12.9. The molecule has 0 amide bonds. The van der Waals surface area contributed by atoms with Crippen LogP contribution in [0, 0.1) is 33.1 Å². The fourth-order valence-corrected chi connectivity index (χ4v) is 4.28. The Bertz CT molecular complexity index is 931. The van der Waals surface area contributed by atoms with Gasteiger partial charge in [-0.05, 0) is 44.0 Å². The molecule has 1 aromatic carbocycles. The highest BCUT2D eigenvalue weighted by molar-refractivity contribution is 7.91. The van der Waals surface area contributed by atoms with E-state index in [1.807, 2.05) is 0 Å². The molecule has 0 fully saturated rings. The minimum Gasteiger partial charge on any atom is -0.300 e. The van der Waals surface area contributed by atoms with Gasteiger partial charge >= 0.3 is 0 Å². The summed E-state index contributed by atoms with van der Waals surface area (Å²) in [5, 5.41) is 0. The second-order valence-electron chi connectivity index (χ2n) is 5.16. The van der Waals surface area contributed by atoms with E-state index in [1.54, 1.807) is 45.0 Å². The molecule has 0 atom stereocenters. The minimum absolute atomic E-state index is 0.0429. The van der Waals surface area contributed by atoms with Crippen LogP contribution in [0.2, 0.25) is 0 Å². The fourth-order valence-electron chi connectivity index (χ4n) is 2.49. The predicted molar refractivity (Wildman–Crippen MR) is 85.6 cm³/mol. The highest BCUT2D eigenvalue weighted by Gasteiger charge is 2.26. The molecule has 0 bridgehead atoms. The summed E-state index contributed by atoms with van der Waals surface area (Å²) >= 11 is 0. The molecule has 0 aliphatic heterocycles. The summed E-state index contributed by atoms with van der Waals surface area (Å²) in [6.45, 7) is 5.10. The Morgan fingerprint density at radius 1 is 1.14 bits per heavy atom. The molecule has 2 aromatic rings. The molecule has 22 heavy (non-hydrogen) atoms. The molecule has 1 aromatic heterocycles. The van der Waals surface area contributed by atoms with Crippen molar-refractivity contribution < 1.29 is 8.42 Å². The van der Waals surface area contributed by atoms with E-state index < -0.39 is 15.4 Å². The van der Waals surface area contributed by atoms with E-state index >= 15 is 0 Å². The summed E-state index contributed by atoms with van der Waals surface area (Å²) in [6.07, 6.45) is 5.27. The van der Waals surface area contributed by atoms with Gasteiger partial charge in [0.1, 0.15) is 4.90 Å². The Balaban J connectivity index is 2.84. The Kier molecular flexibility index (Phi) is 4.25. The second kappa shape index (κ2) is 5.82. The maximum absolute atomic E-state index is 12.9. The van der Waals surface area contributed by atoms with E-state index in [0.29, 0.717) is 16.8 Å². The molecular weight excluding hydrogens is 298 g/mol. The summed E-state index contributed by atoms with van der Waals surface area (Å²) in [6, 6.07) is 8.28. The Labute approximate surface area is 130 Å². The first-order valence-electron chi connectivity index (χ1n) is 6.76. The van der Waals surface area contributed by atoms with Gasteiger partial charge in [-0.25, -0.2) is 8.42 Å². The maximum Gasteiger partial charge on any atom is 0.271 e. The minimum atomic E-state index is -3.89. The number of hydrogen-bond acceptors (Lipinski definition) is 3. The van der Waals surface area contributed by atoms with Crippen molar-refractivity contribution in [3.8, 4) is 12.3 Å². The van der Waals surface area contributed by atoms with E-state index in [9.17, 15) is 13.2 Å². The Morgan fingerprint density at radius 3 is 2.36 bits per heavy atom. The lowest BCUT2D eigenvalue weighted by Crippen LogP contribution is -2.29. The van der Waals surface area contributed by atoms with Crippen LogP contribution in [0.5, 0.6) is 0 Å². The molecule has 0 unspecified atom stereocenters. The second-order valence-corrected chi connectivity index (χ2v) is 7.02. The summed E-state index contributed by atoms with van der Waals surface area (Å²) in [4.78, 5) is 12.6. The lowest BCUT2D eigenvalue weighted by atomic mass is 10.2. The van der Waals surface area contributed by atoms with Crippen molar-refractivity contribution in [1.82, 2.24) is 4.57 Å². The van der Waals surface area contributed by atoms with Crippen molar-refractivity contribution in [2.75, 3.05) is 0 Å². The summed E-state index contributed by atoms with van der Waals surface area (Å²) in [5.74, 6) is 2.38. The molecule has 0 spiro atoms. The van der Waals surface area contributed by atoms with Crippen molar-refractivity contribution in [1.29, 1.82) is 0 Å². The van der Waals surface area contributed by atoms with Crippen LogP contribution in [-0.2, 0) is 16.4 Å². The van der Waals surface area contributed by atoms with Crippen LogP contribution in [0.25, 0.3) is 0 Å². The van der Waals surface area contributed by atoms with Crippen LogP contribution in [0.15, 0.2) is 44.9 Å². The van der Waals surface area contributed by atoms with Gasteiger partial charge in [0.2, 0.25) is 9.84 Å². The van der Waals surface area contributed by atoms with Crippen LogP contribution in [-0.4, -0.2) is 13.0 Å². The van der Waals surface area contributed by atoms with Gasteiger partial charge in [-0.2, -0.15) is 0 Å². The number of aryl methyl sites for hydroxylation is 3. The predicted octanol–water partition coefficient (Wildman–Crippen LogP) is 2.24. The lowest BCUT2D eigenvalue weighted by Gasteiger charge is -2.14.